The summed E-state index contributed by atoms with van der Waals surface area (Å²) in [5.74, 6) is 0.177. The van der Waals surface area contributed by atoms with Gasteiger partial charge in [0.05, 0.1) is 23.2 Å². The lowest BCUT2D eigenvalue weighted by Gasteiger charge is -2.03. The van der Waals surface area contributed by atoms with Gasteiger partial charge in [0.15, 0.2) is 0 Å². The molecule has 122 valence electrons. The number of hydrogen-bond donors (Lipinski definition) is 1. The molecule has 0 radical (unpaired) electrons. The van der Waals surface area contributed by atoms with Gasteiger partial charge in [-0.25, -0.2) is 10.1 Å². The summed E-state index contributed by atoms with van der Waals surface area (Å²) >= 11 is 6.40. The van der Waals surface area contributed by atoms with Gasteiger partial charge in [0, 0.05) is 6.42 Å². The van der Waals surface area contributed by atoms with Crippen molar-refractivity contribution in [3.63, 3.8) is 0 Å². The SMILES string of the molecule is Cc1ccc(-n2nc(C)c(/C=N/NC(=O)CC(C)C)c2Cl)cc1. The molecule has 0 fully saturated rings. The van der Waals surface area contributed by atoms with Crippen molar-refractivity contribution in [1.29, 1.82) is 0 Å². The summed E-state index contributed by atoms with van der Waals surface area (Å²) in [4.78, 5) is 11.6. The van der Waals surface area contributed by atoms with Crippen LogP contribution >= 0.6 is 11.6 Å². The van der Waals surface area contributed by atoms with Gasteiger partial charge in [-0.3, -0.25) is 4.79 Å². The third kappa shape index (κ3) is 4.42. The molecular formula is C17H21ClN4O. The first-order chi connectivity index (χ1) is 10.9. The number of nitrogens with zero attached hydrogens (tertiary/aromatic N) is 3. The second kappa shape index (κ2) is 7.42. The average molecular weight is 333 g/mol. The lowest BCUT2D eigenvalue weighted by Crippen LogP contribution is -2.19. The summed E-state index contributed by atoms with van der Waals surface area (Å²) in [5, 5.41) is 8.88. The fourth-order valence-electron chi connectivity index (χ4n) is 2.10. The number of halogens is 1. The number of amides is 1. The van der Waals surface area contributed by atoms with Crippen molar-refractivity contribution in [2.24, 2.45) is 11.0 Å². The van der Waals surface area contributed by atoms with Gasteiger partial charge >= 0.3 is 0 Å². The molecule has 2 rings (SSSR count). The molecule has 0 aliphatic rings. The molecule has 1 amide bonds. The average Bonchev–Trinajstić information content (AvgIpc) is 2.75. The Morgan fingerprint density at radius 2 is 2.00 bits per heavy atom. The van der Waals surface area contributed by atoms with Crippen molar-refractivity contribution in [3.05, 3.63) is 46.2 Å². The summed E-state index contributed by atoms with van der Waals surface area (Å²) in [5.41, 5.74) is 6.00. The third-order valence-electron chi connectivity index (χ3n) is 3.30. The lowest BCUT2D eigenvalue weighted by atomic mass is 10.1. The number of rotatable bonds is 5. The molecule has 1 aromatic heterocycles. The Labute approximate surface area is 141 Å². The Hall–Kier alpha value is -2.14. The van der Waals surface area contributed by atoms with E-state index >= 15 is 0 Å². The van der Waals surface area contributed by atoms with Crippen LogP contribution in [0, 0.1) is 19.8 Å². The molecule has 0 aliphatic heterocycles. The molecule has 0 saturated carbocycles. The van der Waals surface area contributed by atoms with Crippen LogP contribution in [-0.2, 0) is 4.79 Å². The number of carbonyl (C=O) groups excluding carboxylic acids is 1. The number of aryl methyl sites for hydroxylation is 2. The Kier molecular flexibility index (Phi) is 5.55. The highest BCUT2D eigenvalue weighted by atomic mass is 35.5. The van der Waals surface area contributed by atoms with Crippen LogP contribution in [0.2, 0.25) is 5.15 Å². The zero-order valence-corrected chi connectivity index (χ0v) is 14.6. The molecule has 0 spiro atoms. The largest absolute Gasteiger partial charge is 0.273 e. The third-order valence-corrected chi connectivity index (χ3v) is 3.67. The highest BCUT2D eigenvalue weighted by Crippen LogP contribution is 2.22. The van der Waals surface area contributed by atoms with Crippen molar-refractivity contribution in [2.75, 3.05) is 0 Å². The maximum absolute atomic E-state index is 11.6. The topological polar surface area (TPSA) is 59.3 Å². The molecule has 0 bridgehead atoms. The lowest BCUT2D eigenvalue weighted by molar-refractivity contribution is -0.121. The van der Waals surface area contributed by atoms with E-state index in [-0.39, 0.29) is 5.91 Å². The van der Waals surface area contributed by atoms with Crippen molar-refractivity contribution in [3.8, 4) is 5.69 Å². The minimum absolute atomic E-state index is 0.115. The van der Waals surface area contributed by atoms with E-state index in [0.29, 0.717) is 23.1 Å². The normalized spacial score (nSPS) is 11.4. The first kappa shape index (κ1) is 17.2. The molecule has 1 aromatic carbocycles. The minimum Gasteiger partial charge on any atom is -0.273 e. The summed E-state index contributed by atoms with van der Waals surface area (Å²) in [7, 11) is 0. The Balaban J connectivity index is 2.18. The fraction of sp³-hybridized carbons (Fsp3) is 0.353. The Bertz CT molecular complexity index is 717. The Morgan fingerprint density at radius 1 is 1.35 bits per heavy atom. The summed E-state index contributed by atoms with van der Waals surface area (Å²) < 4.78 is 1.66. The van der Waals surface area contributed by atoms with Gasteiger partial charge in [-0.05, 0) is 31.9 Å². The van der Waals surface area contributed by atoms with Crippen LogP contribution in [0.1, 0.15) is 37.1 Å². The van der Waals surface area contributed by atoms with Gasteiger partial charge in [-0.2, -0.15) is 10.2 Å². The number of benzene rings is 1. The molecule has 2 aromatic rings. The number of hydrazone groups is 1. The van der Waals surface area contributed by atoms with E-state index < -0.39 is 0 Å². The summed E-state index contributed by atoms with van der Waals surface area (Å²) in [6.07, 6.45) is 1.97. The van der Waals surface area contributed by atoms with Gasteiger partial charge in [0.25, 0.3) is 0 Å². The first-order valence-corrected chi connectivity index (χ1v) is 7.90. The standard InChI is InChI=1S/C17H21ClN4O/c1-11(2)9-16(23)20-19-10-15-13(4)21-22(17(15)18)14-7-5-12(3)6-8-14/h5-8,10-11H,9H2,1-4H3,(H,20,23)/b19-10+. The monoisotopic (exact) mass is 332 g/mol. The second-order valence-corrected chi connectivity index (χ2v) is 6.29. The molecule has 0 unspecified atom stereocenters. The van der Waals surface area contributed by atoms with E-state index in [1.807, 2.05) is 52.0 Å². The molecule has 0 saturated heterocycles. The van der Waals surface area contributed by atoms with Crippen LogP contribution in [0.15, 0.2) is 29.4 Å². The second-order valence-electron chi connectivity index (χ2n) is 5.93. The number of nitrogens with one attached hydrogen (secondary N) is 1. The van der Waals surface area contributed by atoms with Gasteiger partial charge in [0.1, 0.15) is 5.15 Å². The quantitative estimate of drug-likeness (QED) is 0.671. The van der Waals surface area contributed by atoms with Crippen LogP contribution < -0.4 is 5.43 Å². The van der Waals surface area contributed by atoms with Gasteiger partial charge < -0.3 is 0 Å². The number of hydrogen-bond acceptors (Lipinski definition) is 3. The van der Waals surface area contributed by atoms with Crippen LogP contribution in [0.5, 0.6) is 0 Å². The zero-order chi connectivity index (χ0) is 17.0. The predicted molar refractivity (Wildman–Crippen MR) is 93.2 cm³/mol. The van der Waals surface area contributed by atoms with Crippen LogP contribution in [0.4, 0.5) is 0 Å². The molecule has 23 heavy (non-hydrogen) atoms. The van der Waals surface area contributed by atoms with Crippen LogP contribution in [0.3, 0.4) is 0 Å². The smallest absolute Gasteiger partial charge is 0.240 e. The van der Waals surface area contributed by atoms with Gasteiger partial charge in [0.2, 0.25) is 5.91 Å². The molecule has 6 heteroatoms. The van der Waals surface area contributed by atoms with Crippen LogP contribution in [-0.4, -0.2) is 21.9 Å². The molecule has 1 N–H and O–H groups in total. The molecule has 5 nitrogen and oxygen atoms in total. The molecule has 1 heterocycles. The summed E-state index contributed by atoms with van der Waals surface area (Å²) in [6.45, 7) is 7.84. The predicted octanol–water partition coefficient (Wildman–Crippen LogP) is 3.64. The molecule has 0 aliphatic carbocycles. The number of aromatic nitrogens is 2. The van der Waals surface area contributed by atoms with Crippen molar-refractivity contribution in [1.82, 2.24) is 15.2 Å². The Morgan fingerprint density at radius 3 is 2.61 bits per heavy atom. The fourth-order valence-corrected chi connectivity index (χ4v) is 2.42. The van der Waals surface area contributed by atoms with E-state index in [1.165, 1.54) is 11.8 Å². The summed E-state index contributed by atoms with van der Waals surface area (Å²) in [6, 6.07) is 7.92. The maximum Gasteiger partial charge on any atom is 0.240 e. The minimum atomic E-state index is -0.115. The number of carbonyl (C=O) groups is 1. The first-order valence-electron chi connectivity index (χ1n) is 7.52. The molecule has 0 atom stereocenters. The highest BCUT2D eigenvalue weighted by molar-refractivity contribution is 6.32. The van der Waals surface area contributed by atoms with Crippen molar-refractivity contribution >= 4 is 23.7 Å². The van der Waals surface area contributed by atoms with E-state index in [1.54, 1.807) is 4.68 Å². The van der Waals surface area contributed by atoms with Gasteiger partial charge in [-0.15, -0.1) is 0 Å². The van der Waals surface area contributed by atoms with E-state index in [9.17, 15) is 4.79 Å². The zero-order valence-electron chi connectivity index (χ0n) is 13.8. The van der Waals surface area contributed by atoms with E-state index in [4.69, 9.17) is 11.6 Å². The van der Waals surface area contributed by atoms with E-state index in [2.05, 4.69) is 15.6 Å². The van der Waals surface area contributed by atoms with E-state index in [0.717, 1.165) is 11.4 Å². The highest BCUT2D eigenvalue weighted by Gasteiger charge is 2.13. The van der Waals surface area contributed by atoms with Crippen molar-refractivity contribution in [2.45, 2.75) is 34.1 Å². The maximum atomic E-state index is 11.6. The van der Waals surface area contributed by atoms with Crippen LogP contribution in [0.25, 0.3) is 5.69 Å². The van der Waals surface area contributed by atoms with Crippen molar-refractivity contribution < 1.29 is 4.79 Å². The van der Waals surface area contributed by atoms with Gasteiger partial charge in [-0.1, -0.05) is 43.1 Å². The molecular weight excluding hydrogens is 312 g/mol.